The molecule has 1 amide bonds. The molecule has 0 fully saturated rings. The molecule has 14 heavy (non-hydrogen) atoms. The van der Waals surface area contributed by atoms with E-state index in [2.05, 4.69) is 28.1 Å². The number of nitrogens with one attached hydrogen (secondary N) is 1. The van der Waals surface area contributed by atoms with Gasteiger partial charge in [-0.2, -0.15) is 0 Å². The number of ether oxygens (including phenoxy) is 1. The first kappa shape index (κ1) is 11.9. The highest BCUT2D eigenvalue weighted by molar-refractivity contribution is 14.1. The van der Waals surface area contributed by atoms with Gasteiger partial charge >= 0.3 is 0 Å². The summed E-state index contributed by atoms with van der Waals surface area (Å²) in [6.45, 7) is 0.810. The van der Waals surface area contributed by atoms with Gasteiger partial charge in [0.05, 0.1) is 21.7 Å². The number of hydrogen-bond donors (Lipinski definition) is 1. The number of hydrogen-bond acceptors (Lipinski definition) is 4. The van der Waals surface area contributed by atoms with Crippen molar-refractivity contribution < 1.29 is 14.4 Å². The lowest BCUT2D eigenvalue weighted by atomic mass is 10.3. The van der Waals surface area contributed by atoms with Crippen LogP contribution in [0.25, 0.3) is 0 Å². The zero-order valence-corrected chi connectivity index (χ0v) is 10.6. The average Bonchev–Trinajstić information content (AvgIpc) is 2.59. The maximum atomic E-state index is 11.3. The molecule has 1 N–H and O–H groups in total. The van der Waals surface area contributed by atoms with Crippen LogP contribution in [-0.4, -0.2) is 26.2 Å². The minimum Gasteiger partial charge on any atom is -0.382 e. The summed E-state index contributed by atoms with van der Waals surface area (Å²) < 4.78 is 5.83. The average molecular weight is 327 g/mol. The topological polar surface area (TPSA) is 47.6 Å². The van der Waals surface area contributed by atoms with Crippen LogP contribution in [0.15, 0.2) is 11.4 Å². The normalized spacial score (nSPS) is 10.1. The van der Waals surface area contributed by atoms with Crippen LogP contribution in [0.1, 0.15) is 10.4 Å². The molecule has 0 spiro atoms. The minimum absolute atomic E-state index is 0.222. The maximum Gasteiger partial charge on any atom is 0.275 e. The van der Waals surface area contributed by atoms with Crippen molar-refractivity contribution in [3.05, 3.63) is 19.9 Å². The van der Waals surface area contributed by atoms with Crippen molar-refractivity contribution in [1.29, 1.82) is 0 Å². The third kappa shape index (κ3) is 3.91. The van der Waals surface area contributed by atoms with E-state index < -0.39 is 0 Å². The molecule has 1 aromatic heterocycles. The third-order valence-corrected chi connectivity index (χ3v) is 3.17. The van der Waals surface area contributed by atoms with Gasteiger partial charge in [0.25, 0.3) is 5.91 Å². The molecule has 4 nitrogen and oxygen atoms in total. The van der Waals surface area contributed by atoms with Gasteiger partial charge in [-0.15, -0.1) is 11.3 Å². The Morgan fingerprint density at radius 2 is 2.43 bits per heavy atom. The molecule has 1 heterocycles. The van der Waals surface area contributed by atoms with Gasteiger partial charge in [-0.1, -0.05) is 0 Å². The summed E-state index contributed by atoms with van der Waals surface area (Å²) in [4.78, 5) is 16.2. The third-order valence-electron chi connectivity index (χ3n) is 1.38. The Morgan fingerprint density at radius 1 is 1.64 bits per heavy atom. The van der Waals surface area contributed by atoms with Gasteiger partial charge in [-0.05, 0) is 28.7 Å². The van der Waals surface area contributed by atoms with Crippen molar-refractivity contribution in [2.75, 3.05) is 20.3 Å². The number of halogens is 1. The van der Waals surface area contributed by atoms with Gasteiger partial charge in [0.2, 0.25) is 0 Å². The molecule has 0 bridgehead atoms. The number of amides is 1. The highest BCUT2D eigenvalue weighted by atomic mass is 127. The molecule has 0 aliphatic heterocycles. The highest BCUT2D eigenvalue weighted by Crippen LogP contribution is 2.16. The summed E-state index contributed by atoms with van der Waals surface area (Å²) in [5.74, 6) is -0.222. The predicted octanol–water partition coefficient (Wildman–Crippen LogP) is 1.66. The van der Waals surface area contributed by atoms with E-state index >= 15 is 0 Å². The monoisotopic (exact) mass is 327 g/mol. The van der Waals surface area contributed by atoms with E-state index in [0.29, 0.717) is 18.8 Å². The molecule has 1 rings (SSSR count). The summed E-state index contributed by atoms with van der Waals surface area (Å²) in [5.41, 5.74) is 2.95. The van der Waals surface area contributed by atoms with Crippen LogP contribution in [0.5, 0.6) is 0 Å². The second-order valence-electron chi connectivity index (χ2n) is 2.41. The Kier molecular flexibility index (Phi) is 5.38. The first-order chi connectivity index (χ1) is 6.74. The number of hydroxylamine groups is 1. The lowest BCUT2D eigenvalue weighted by molar-refractivity contribution is 0.00891. The van der Waals surface area contributed by atoms with Crippen LogP contribution >= 0.6 is 33.9 Å². The van der Waals surface area contributed by atoms with Crippen LogP contribution in [0.4, 0.5) is 0 Å². The van der Waals surface area contributed by atoms with E-state index in [1.54, 1.807) is 18.6 Å². The van der Waals surface area contributed by atoms with Gasteiger partial charge in [-0.3, -0.25) is 9.63 Å². The SMILES string of the molecule is COCCONC(=O)c1csc(I)c1. The quantitative estimate of drug-likeness (QED) is 0.508. The number of thiophene rings is 1. The minimum atomic E-state index is -0.222. The molecule has 78 valence electrons. The molecule has 0 aliphatic rings. The van der Waals surface area contributed by atoms with Crippen LogP contribution in [0.3, 0.4) is 0 Å². The molecular formula is C8H10INO3S. The van der Waals surface area contributed by atoms with E-state index in [4.69, 9.17) is 9.57 Å². The van der Waals surface area contributed by atoms with Crippen molar-refractivity contribution in [1.82, 2.24) is 5.48 Å². The molecule has 0 atom stereocenters. The van der Waals surface area contributed by atoms with Crippen molar-refractivity contribution in [2.45, 2.75) is 0 Å². The molecule has 0 unspecified atom stereocenters. The van der Waals surface area contributed by atoms with E-state index in [9.17, 15) is 4.79 Å². The van der Waals surface area contributed by atoms with Gasteiger partial charge < -0.3 is 4.74 Å². The Balaban J connectivity index is 2.29. The molecule has 0 saturated heterocycles. The van der Waals surface area contributed by atoms with Crippen molar-refractivity contribution >= 4 is 39.8 Å². The Hall–Kier alpha value is -0.180. The molecule has 0 radical (unpaired) electrons. The largest absolute Gasteiger partial charge is 0.382 e. The number of methoxy groups -OCH3 is 1. The van der Waals surface area contributed by atoms with E-state index in [-0.39, 0.29) is 5.91 Å². The fraction of sp³-hybridized carbons (Fsp3) is 0.375. The number of carbonyl (C=O) groups is 1. The fourth-order valence-electron chi connectivity index (χ4n) is 0.730. The lowest BCUT2D eigenvalue weighted by Crippen LogP contribution is -2.24. The van der Waals surface area contributed by atoms with Crippen molar-refractivity contribution in [2.24, 2.45) is 0 Å². The molecule has 1 aromatic rings. The summed E-state index contributed by atoms with van der Waals surface area (Å²) >= 11 is 3.68. The van der Waals surface area contributed by atoms with E-state index in [1.165, 1.54) is 11.3 Å². The fourth-order valence-corrected chi connectivity index (χ4v) is 2.06. The molecular weight excluding hydrogens is 317 g/mol. The van der Waals surface area contributed by atoms with Crippen LogP contribution < -0.4 is 5.48 Å². The van der Waals surface area contributed by atoms with Crippen molar-refractivity contribution in [3.8, 4) is 0 Å². The molecule has 6 heteroatoms. The standard InChI is InChI=1S/C8H10INO3S/c1-12-2-3-13-10-8(11)6-4-7(9)14-5-6/h4-5H,2-3H2,1H3,(H,10,11). The predicted molar refractivity (Wildman–Crippen MR) is 62.3 cm³/mol. The Labute approximate surface area is 99.7 Å². The zero-order chi connectivity index (χ0) is 10.4. The first-order valence-electron chi connectivity index (χ1n) is 3.89. The molecule has 0 aromatic carbocycles. The maximum absolute atomic E-state index is 11.3. The van der Waals surface area contributed by atoms with Gasteiger partial charge in [-0.25, -0.2) is 5.48 Å². The summed E-state index contributed by atoms with van der Waals surface area (Å²) in [6, 6.07) is 1.81. The first-order valence-corrected chi connectivity index (χ1v) is 5.85. The molecule has 0 aliphatic carbocycles. The van der Waals surface area contributed by atoms with E-state index in [1.807, 2.05) is 0 Å². The number of rotatable bonds is 5. The Morgan fingerprint density at radius 3 is 3.00 bits per heavy atom. The Bertz CT molecular complexity index is 303. The second kappa shape index (κ2) is 6.33. The summed E-state index contributed by atoms with van der Waals surface area (Å²) in [5, 5.41) is 1.79. The zero-order valence-electron chi connectivity index (χ0n) is 7.58. The number of carbonyl (C=O) groups excluding carboxylic acids is 1. The summed E-state index contributed by atoms with van der Waals surface area (Å²) in [7, 11) is 1.58. The highest BCUT2D eigenvalue weighted by Gasteiger charge is 2.06. The summed E-state index contributed by atoms with van der Waals surface area (Å²) in [6.07, 6.45) is 0. The second-order valence-corrected chi connectivity index (χ2v) is 5.22. The smallest absolute Gasteiger partial charge is 0.275 e. The lowest BCUT2D eigenvalue weighted by Gasteiger charge is -2.03. The van der Waals surface area contributed by atoms with Gasteiger partial charge in [0, 0.05) is 12.5 Å². The van der Waals surface area contributed by atoms with E-state index in [0.717, 1.165) is 2.88 Å². The van der Waals surface area contributed by atoms with Crippen molar-refractivity contribution in [3.63, 3.8) is 0 Å². The van der Waals surface area contributed by atoms with Gasteiger partial charge in [0.1, 0.15) is 0 Å². The van der Waals surface area contributed by atoms with Crippen LogP contribution in [0, 0.1) is 2.88 Å². The molecule has 0 saturated carbocycles. The van der Waals surface area contributed by atoms with Crippen LogP contribution in [-0.2, 0) is 9.57 Å². The van der Waals surface area contributed by atoms with Crippen LogP contribution in [0.2, 0.25) is 0 Å². The van der Waals surface area contributed by atoms with Gasteiger partial charge in [0.15, 0.2) is 0 Å².